The molecule has 576 valence electrons. The van der Waals surface area contributed by atoms with Crippen LogP contribution in [0.1, 0.15) is 134 Å². The maximum atomic E-state index is 15.1. The van der Waals surface area contributed by atoms with E-state index in [1.54, 1.807) is 0 Å². The van der Waals surface area contributed by atoms with E-state index in [0.717, 1.165) is 106 Å². The molecular formula is C70H100N14O19S2. The largest absolute Gasteiger partial charge is 0.504 e. The number of rotatable bonds is 22. The average molecular weight is 1510 g/mol. The second-order valence-electron chi connectivity index (χ2n) is 29.0. The molecule has 7 amide bonds. The number of aromatic hydroxyl groups is 1. The van der Waals surface area contributed by atoms with Crippen LogP contribution in [0.4, 0.5) is 5.95 Å². The lowest BCUT2D eigenvalue weighted by Crippen LogP contribution is -2.64. The Balaban J connectivity index is 0.839. The Morgan fingerprint density at radius 3 is 2.05 bits per heavy atom. The Labute approximate surface area is 613 Å². The molecule has 35 heteroatoms. The lowest BCUT2D eigenvalue weighted by Gasteiger charge is -2.34. The van der Waals surface area contributed by atoms with E-state index in [0.29, 0.717) is 31.4 Å². The van der Waals surface area contributed by atoms with E-state index in [1.807, 2.05) is 50.5 Å². The van der Waals surface area contributed by atoms with Crippen LogP contribution in [0.3, 0.4) is 0 Å². The average Bonchev–Trinajstić information content (AvgIpc) is 1.68. The maximum absolute atomic E-state index is 15.1. The molecule has 15 N–H and O–H groups in total. The first kappa shape index (κ1) is 79.9. The van der Waals surface area contributed by atoms with Gasteiger partial charge in [-0.1, -0.05) is 81.7 Å². The first-order valence-electron chi connectivity index (χ1n) is 36.3. The van der Waals surface area contributed by atoms with Crippen molar-refractivity contribution in [3.8, 4) is 33.2 Å². The first-order valence-corrected chi connectivity index (χ1v) is 38.5. The molecule has 2 saturated carbocycles. The molecule has 13 atom stereocenters. The molecule has 0 radical (unpaired) electrons. The van der Waals surface area contributed by atoms with Gasteiger partial charge in [-0.25, -0.2) is 9.97 Å². The number of hydrogen-bond donors (Lipinski definition) is 15. The van der Waals surface area contributed by atoms with Gasteiger partial charge in [-0.15, -0.1) is 10.2 Å². The summed E-state index contributed by atoms with van der Waals surface area (Å²) in [4.78, 5) is 115. The molecule has 4 aliphatic heterocycles. The summed E-state index contributed by atoms with van der Waals surface area (Å²) < 4.78 is 43.7. The van der Waals surface area contributed by atoms with Gasteiger partial charge in [-0.3, -0.25) is 38.1 Å². The second kappa shape index (κ2) is 36.3. The highest BCUT2D eigenvalue weighted by molar-refractivity contribution is 7.81. The number of aromatic nitrogens is 4. The summed E-state index contributed by atoms with van der Waals surface area (Å²) >= 11 is 1.51. The Bertz CT molecular complexity index is 3740. The predicted molar refractivity (Wildman–Crippen MR) is 381 cm³/mol. The van der Waals surface area contributed by atoms with Crippen LogP contribution in [0.2, 0.25) is 0 Å². The van der Waals surface area contributed by atoms with E-state index in [1.165, 1.54) is 44.4 Å². The number of nitrogens with one attached hydrogen (secondary N) is 7. The van der Waals surface area contributed by atoms with Crippen molar-refractivity contribution in [1.29, 1.82) is 0 Å². The normalized spacial score (nSPS) is 27.8. The number of nitrogens with zero attached hydrogens (tertiary/aromatic N) is 7. The van der Waals surface area contributed by atoms with Gasteiger partial charge < -0.3 is 96.6 Å². The van der Waals surface area contributed by atoms with Crippen LogP contribution in [-0.4, -0.2) is 264 Å². The molecule has 0 unspecified atom stereocenters. The zero-order chi connectivity index (χ0) is 75.4. The summed E-state index contributed by atoms with van der Waals surface area (Å²) in [6.07, 6.45) is 2.13. The monoisotopic (exact) mass is 1500 g/mol. The second-order valence-corrected chi connectivity index (χ2v) is 31.0. The quantitative estimate of drug-likeness (QED) is 0.0347. The smallest absolute Gasteiger partial charge is 0.446 e. The van der Waals surface area contributed by atoms with Crippen molar-refractivity contribution in [2.45, 2.75) is 221 Å². The van der Waals surface area contributed by atoms with Gasteiger partial charge in [-0.05, 0) is 100 Å². The van der Waals surface area contributed by atoms with Crippen LogP contribution in [0.25, 0.3) is 21.7 Å². The summed E-state index contributed by atoms with van der Waals surface area (Å²) in [5.74, 6) is -9.41. The maximum Gasteiger partial charge on any atom is 0.446 e. The highest BCUT2D eigenvalue weighted by atomic mass is 32.3. The molecule has 2 aromatic heterocycles. The molecule has 6 heterocycles. The number of aliphatic hydroxyl groups is 6. The number of aliphatic hydroxyl groups excluding tert-OH is 6. The van der Waals surface area contributed by atoms with Crippen LogP contribution >= 0.6 is 11.3 Å². The fourth-order valence-corrected chi connectivity index (χ4v) is 16.1. The minimum Gasteiger partial charge on any atom is -0.504 e. The molecular weight excluding hydrogens is 1400 g/mol. The topological polar surface area (TPSA) is 479 Å². The zero-order valence-electron chi connectivity index (χ0n) is 59.4. The number of benzene rings is 2. The van der Waals surface area contributed by atoms with Gasteiger partial charge in [0.05, 0.1) is 61.3 Å². The minimum absolute atomic E-state index is 0.0224. The SMILES string of the molecule is CC(C)NCCNC(=O)C[C@@H](O)[C@@H]1NC(=O)[C@H]([C@H](O)Cc2ccc(O)c(OS(=O)(=O)O)c2)NC(=O)[C@@H]2C[C@@H](O)CN2C(=O)[C@H]([C@@H](C)O)NC(=O)[C@@H](NC[C@H]2CC[C@H](c3nnc(-c4ccc(-c5cnc(N6CCC(OC7CCCCC7)CC6)nc5)cc4)s3)CC2)C[C@@H](O)CNC(=O)[C@@H]2[C@@H](O)[C@@H](C)CN2C1=O. The van der Waals surface area contributed by atoms with Gasteiger partial charge in [0.2, 0.25) is 47.3 Å². The number of amides is 7. The van der Waals surface area contributed by atoms with Crippen LogP contribution in [-0.2, 0) is 55.1 Å². The van der Waals surface area contributed by atoms with Gasteiger partial charge in [0.15, 0.2) is 11.5 Å². The first-order chi connectivity index (χ1) is 50.0. The van der Waals surface area contributed by atoms with E-state index in [2.05, 4.69) is 56.5 Å². The number of piperidine rings is 1. The van der Waals surface area contributed by atoms with Crippen molar-refractivity contribution in [3.05, 3.63) is 65.4 Å². The molecule has 6 fully saturated rings. The lowest BCUT2D eigenvalue weighted by atomic mass is 9.82. The van der Waals surface area contributed by atoms with Crippen LogP contribution in [0.15, 0.2) is 54.9 Å². The van der Waals surface area contributed by atoms with Gasteiger partial charge in [0, 0.05) is 100 Å². The number of carbonyl (C=O) groups excluding carboxylic acids is 7. The predicted octanol–water partition coefficient (Wildman–Crippen LogP) is -0.546. The molecule has 105 heavy (non-hydrogen) atoms. The summed E-state index contributed by atoms with van der Waals surface area (Å²) in [6, 6.07) is -0.119. The number of carbonyl (C=O) groups is 7. The van der Waals surface area contributed by atoms with Crippen molar-refractivity contribution < 1.29 is 91.2 Å². The standard InChI is InChI=1S/C70H100N14O19S2/c1-37(2)71-22-23-72-56(91)30-54(90)59-69(98)84-35-38(3)61(92)60(84)65(96)74-34-46(86)28-50(62(93)77-57(39(4)85)68(97)83-36-47(87)29-51(83)63(94)78-58(64(95)79-59)53(89)26-41-12-19-52(88)55(27-41)103-105(99,100)101)73-31-40-10-13-43(14-11-40)66-80-81-67(104-66)44-17-15-42(16-18-44)45-32-75-70(76-33-45)82-24-20-49(21-25-82)102-48-8-6-5-7-9-48/h12,15-19,27,32-33,37-40,43,46-51,53-54,57-61,71,73,85-90,92H,5-11,13-14,20-26,28-31,34-36H2,1-4H3,(H,72,91)(H,74,96)(H,77,93)(H,78,94)(H,79,95)(H,99,100,101)/t38-,39+,40-,43-,46+,47+,50-,51-,53+,54+,57-,58-,59-,60-,61-/m0/s1. The number of phenols is 1. The lowest BCUT2D eigenvalue weighted by molar-refractivity contribution is -0.147. The Kier molecular flexibility index (Phi) is 27.6. The van der Waals surface area contributed by atoms with E-state index < -0.39 is 181 Å². The highest BCUT2D eigenvalue weighted by Crippen LogP contribution is 2.40. The van der Waals surface area contributed by atoms with E-state index in [9.17, 15) is 77.5 Å². The molecule has 4 aromatic rings. The summed E-state index contributed by atoms with van der Waals surface area (Å²) in [5, 5.41) is 110. The number of β-amino-alcohol motifs (C(OH)–C–C–N with tert-alkyl or cyclic N) is 1. The molecule has 6 aliphatic rings. The Morgan fingerprint density at radius 2 is 1.37 bits per heavy atom. The number of phenolic OH excluding ortho intramolecular Hbond substituents is 1. The van der Waals surface area contributed by atoms with Crippen molar-refractivity contribution in [2.75, 3.05) is 57.3 Å². The molecule has 2 aromatic carbocycles. The van der Waals surface area contributed by atoms with Crippen LogP contribution in [0.5, 0.6) is 11.5 Å². The van der Waals surface area contributed by atoms with Crippen molar-refractivity contribution in [3.63, 3.8) is 0 Å². The van der Waals surface area contributed by atoms with Crippen LogP contribution < -0.4 is 46.3 Å². The van der Waals surface area contributed by atoms with Crippen molar-refractivity contribution in [2.24, 2.45) is 11.8 Å². The van der Waals surface area contributed by atoms with Gasteiger partial charge in [0.1, 0.15) is 40.2 Å². The third-order valence-electron chi connectivity index (χ3n) is 20.6. The minimum atomic E-state index is -5.23. The van der Waals surface area contributed by atoms with Crippen LogP contribution in [0, 0.1) is 11.8 Å². The number of ether oxygens (including phenoxy) is 1. The van der Waals surface area contributed by atoms with Crippen molar-refractivity contribution in [1.82, 2.24) is 67.2 Å². The summed E-state index contributed by atoms with van der Waals surface area (Å²) in [7, 11) is -5.23. The zero-order valence-corrected chi connectivity index (χ0v) is 61.0. The molecule has 0 spiro atoms. The molecule has 0 bridgehead atoms. The Morgan fingerprint density at radius 1 is 0.714 bits per heavy atom. The van der Waals surface area contributed by atoms with E-state index >= 15 is 4.79 Å². The van der Waals surface area contributed by atoms with Gasteiger partial charge in [-0.2, -0.15) is 8.42 Å². The number of anilines is 1. The summed E-state index contributed by atoms with van der Waals surface area (Å²) in [5.41, 5.74) is 2.65. The van der Waals surface area contributed by atoms with Gasteiger partial charge >= 0.3 is 10.4 Å². The molecule has 33 nitrogen and oxygen atoms in total. The number of fused-ring (bicyclic) bond motifs is 2. The number of hydrogen-bond acceptors (Lipinski definition) is 26. The van der Waals surface area contributed by atoms with E-state index in [-0.39, 0.29) is 49.2 Å². The molecule has 4 saturated heterocycles. The molecule has 2 aliphatic carbocycles. The van der Waals surface area contributed by atoms with Crippen molar-refractivity contribution >= 4 is 69.0 Å². The fourth-order valence-electron chi connectivity index (χ4n) is 14.7. The fraction of sp³-hybridized carbons (Fsp3) is 0.643. The van der Waals surface area contributed by atoms with Gasteiger partial charge in [0.25, 0.3) is 0 Å². The Hall–Kier alpha value is -7.68. The summed E-state index contributed by atoms with van der Waals surface area (Å²) in [6.45, 7) is 7.18. The third-order valence-corrected chi connectivity index (χ3v) is 22.1. The third kappa shape index (κ3) is 21.4. The highest BCUT2D eigenvalue weighted by Gasteiger charge is 2.50. The molecule has 10 rings (SSSR count). The van der Waals surface area contributed by atoms with E-state index in [4.69, 9.17) is 14.7 Å².